The largest absolute Gasteiger partial charge is 0.508 e. The molecule has 0 aliphatic carbocycles. The molecule has 0 aromatic heterocycles. The van der Waals surface area contributed by atoms with Crippen molar-refractivity contribution in [1.29, 1.82) is 0 Å². The summed E-state index contributed by atoms with van der Waals surface area (Å²) >= 11 is 0. The Balaban J connectivity index is 1.71. The molecule has 1 aromatic rings. The maximum atomic E-state index is 9.24. The van der Waals surface area contributed by atoms with Crippen LogP contribution in [-0.4, -0.2) is 11.7 Å². The van der Waals surface area contributed by atoms with E-state index in [1.54, 1.807) is 12.1 Å². The maximum Gasteiger partial charge on any atom is 0.115 e. The molecular formula is C25H44O2. The predicted octanol–water partition coefficient (Wildman–Crippen LogP) is 8.17. The molecule has 2 heteroatoms. The Labute approximate surface area is 168 Å². The van der Waals surface area contributed by atoms with Gasteiger partial charge >= 0.3 is 0 Å². The summed E-state index contributed by atoms with van der Waals surface area (Å²) in [5.74, 6) is 0.316. The Morgan fingerprint density at radius 1 is 0.593 bits per heavy atom. The van der Waals surface area contributed by atoms with Crippen LogP contribution in [0.1, 0.15) is 115 Å². The average molecular weight is 377 g/mol. The summed E-state index contributed by atoms with van der Waals surface area (Å²) in [6.45, 7) is 3.79. The molecule has 0 amide bonds. The molecule has 0 spiro atoms. The predicted molar refractivity (Wildman–Crippen MR) is 117 cm³/mol. The van der Waals surface area contributed by atoms with Gasteiger partial charge in [-0.1, -0.05) is 115 Å². The quantitative estimate of drug-likeness (QED) is 0.247. The fourth-order valence-electron chi connectivity index (χ4n) is 3.53. The summed E-state index contributed by atoms with van der Waals surface area (Å²) in [6, 6.07) is 7.27. The van der Waals surface area contributed by atoms with Crippen LogP contribution in [0.4, 0.5) is 0 Å². The first-order valence-electron chi connectivity index (χ1n) is 11.7. The minimum absolute atomic E-state index is 0.316. The van der Waals surface area contributed by atoms with Gasteiger partial charge in [0.05, 0.1) is 6.61 Å². The van der Waals surface area contributed by atoms with Gasteiger partial charge in [0, 0.05) is 6.61 Å². The maximum absolute atomic E-state index is 9.24. The number of unbranched alkanes of at least 4 members (excludes halogenated alkanes) is 15. The average Bonchev–Trinajstić information content (AvgIpc) is 2.68. The Morgan fingerprint density at radius 3 is 1.44 bits per heavy atom. The second kappa shape index (κ2) is 18.3. The lowest BCUT2D eigenvalue weighted by molar-refractivity contribution is 0.116. The molecule has 0 atom stereocenters. The van der Waals surface area contributed by atoms with E-state index in [-0.39, 0.29) is 0 Å². The highest BCUT2D eigenvalue weighted by Gasteiger charge is 1.96. The molecule has 0 aliphatic heterocycles. The van der Waals surface area contributed by atoms with Crippen molar-refractivity contribution in [1.82, 2.24) is 0 Å². The van der Waals surface area contributed by atoms with E-state index in [9.17, 15) is 5.11 Å². The van der Waals surface area contributed by atoms with Crippen molar-refractivity contribution in [3.63, 3.8) is 0 Å². The minimum atomic E-state index is 0.316. The summed E-state index contributed by atoms with van der Waals surface area (Å²) in [6.07, 6.45) is 22.4. The summed E-state index contributed by atoms with van der Waals surface area (Å²) < 4.78 is 5.70. The first-order valence-corrected chi connectivity index (χ1v) is 11.7. The van der Waals surface area contributed by atoms with Crippen molar-refractivity contribution in [2.75, 3.05) is 6.61 Å². The lowest BCUT2D eigenvalue weighted by Gasteiger charge is -2.05. The second-order valence-electron chi connectivity index (χ2n) is 8.02. The van der Waals surface area contributed by atoms with E-state index in [4.69, 9.17) is 4.74 Å². The van der Waals surface area contributed by atoms with Crippen LogP contribution < -0.4 is 0 Å². The number of hydrogen-bond acceptors (Lipinski definition) is 2. The normalized spacial score (nSPS) is 11.1. The van der Waals surface area contributed by atoms with E-state index in [2.05, 4.69) is 6.92 Å². The molecule has 0 saturated carbocycles. The topological polar surface area (TPSA) is 29.5 Å². The number of aromatic hydroxyl groups is 1. The Bertz CT molecular complexity index is 413. The van der Waals surface area contributed by atoms with Gasteiger partial charge in [-0.25, -0.2) is 0 Å². The van der Waals surface area contributed by atoms with E-state index in [1.165, 1.54) is 96.3 Å². The number of phenolic OH excluding ortho intramolecular Hbond substituents is 1. The first kappa shape index (κ1) is 24.0. The fourth-order valence-corrected chi connectivity index (χ4v) is 3.53. The van der Waals surface area contributed by atoms with E-state index in [0.717, 1.165) is 18.6 Å². The Hall–Kier alpha value is -1.02. The van der Waals surface area contributed by atoms with Crippen LogP contribution in [0.5, 0.6) is 5.75 Å². The number of benzene rings is 1. The van der Waals surface area contributed by atoms with E-state index >= 15 is 0 Å². The summed E-state index contributed by atoms with van der Waals surface area (Å²) in [5, 5.41) is 9.24. The van der Waals surface area contributed by atoms with Gasteiger partial charge in [-0.05, 0) is 24.1 Å². The third kappa shape index (κ3) is 15.7. The van der Waals surface area contributed by atoms with E-state index in [0.29, 0.717) is 12.4 Å². The molecule has 1 rings (SSSR count). The van der Waals surface area contributed by atoms with Crippen molar-refractivity contribution in [2.24, 2.45) is 0 Å². The number of phenols is 1. The van der Waals surface area contributed by atoms with Crippen LogP contribution in [0, 0.1) is 0 Å². The zero-order chi connectivity index (χ0) is 19.4. The van der Waals surface area contributed by atoms with Crippen LogP contribution in [0.3, 0.4) is 0 Å². The first-order chi connectivity index (χ1) is 13.3. The van der Waals surface area contributed by atoms with Crippen molar-refractivity contribution >= 4 is 0 Å². The molecular weight excluding hydrogens is 332 g/mol. The molecule has 2 nitrogen and oxygen atoms in total. The minimum Gasteiger partial charge on any atom is -0.508 e. The third-order valence-electron chi connectivity index (χ3n) is 5.35. The highest BCUT2D eigenvalue weighted by molar-refractivity contribution is 5.25. The van der Waals surface area contributed by atoms with Crippen LogP contribution in [-0.2, 0) is 11.3 Å². The van der Waals surface area contributed by atoms with E-state index < -0.39 is 0 Å². The number of ether oxygens (including phenoxy) is 1. The molecule has 0 aliphatic rings. The zero-order valence-corrected chi connectivity index (χ0v) is 17.9. The van der Waals surface area contributed by atoms with E-state index in [1.807, 2.05) is 12.1 Å². The van der Waals surface area contributed by atoms with Crippen LogP contribution in [0.2, 0.25) is 0 Å². The highest BCUT2D eigenvalue weighted by atomic mass is 16.5. The van der Waals surface area contributed by atoms with Gasteiger partial charge in [0.25, 0.3) is 0 Å². The molecule has 0 heterocycles. The van der Waals surface area contributed by atoms with Gasteiger partial charge in [-0.3, -0.25) is 0 Å². The molecule has 0 fully saturated rings. The molecule has 27 heavy (non-hydrogen) atoms. The SMILES string of the molecule is CCCCCCCCCCCCCCCCCCOCc1ccc(O)cc1. The number of rotatable bonds is 19. The van der Waals surface area contributed by atoms with Crippen LogP contribution in [0.15, 0.2) is 24.3 Å². The van der Waals surface area contributed by atoms with Crippen molar-refractivity contribution in [3.8, 4) is 5.75 Å². The van der Waals surface area contributed by atoms with Crippen LogP contribution in [0.25, 0.3) is 0 Å². The standard InChI is InChI=1S/C25H44O2/c1-2-3-4-5-6-7-8-9-10-11-12-13-14-15-16-17-22-27-23-24-18-20-25(26)21-19-24/h18-21,26H,2-17,22-23H2,1H3. The van der Waals surface area contributed by atoms with Gasteiger partial charge in [-0.2, -0.15) is 0 Å². The summed E-state index contributed by atoms with van der Waals surface area (Å²) in [4.78, 5) is 0. The summed E-state index contributed by atoms with van der Waals surface area (Å²) in [5.41, 5.74) is 1.13. The van der Waals surface area contributed by atoms with Gasteiger partial charge in [0.2, 0.25) is 0 Å². The van der Waals surface area contributed by atoms with Crippen molar-refractivity contribution < 1.29 is 9.84 Å². The molecule has 156 valence electrons. The van der Waals surface area contributed by atoms with Gasteiger partial charge in [-0.15, -0.1) is 0 Å². The van der Waals surface area contributed by atoms with Gasteiger partial charge in [0.1, 0.15) is 5.75 Å². The third-order valence-corrected chi connectivity index (χ3v) is 5.35. The molecule has 0 bridgehead atoms. The molecule has 1 aromatic carbocycles. The summed E-state index contributed by atoms with van der Waals surface area (Å²) in [7, 11) is 0. The Morgan fingerprint density at radius 2 is 1.00 bits per heavy atom. The van der Waals surface area contributed by atoms with Crippen LogP contribution >= 0.6 is 0 Å². The monoisotopic (exact) mass is 376 g/mol. The Kier molecular flexibility index (Phi) is 16.3. The smallest absolute Gasteiger partial charge is 0.115 e. The lowest BCUT2D eigenvalue weighted by Crippen LogP contribution is -1.95. The van der Waals surface area contributed by atoms with Gasteiger partial charge < -0.3 is 9.84 Å². The molecule has 0 radical (unpaired) electrons. The number of hydrogen-bond donors (Lipinski definition) is 1. The molecule has 0 saturated heterocycles. The second-order valence-corrected chi connectivity index (χ2v) is 8.02. The van der Waals surface area contributed by atoms with Crippen molar-refractivity contribution in [2.45, 2.75) is 116 Å². The fraction of sp³-hybridized carbons (Fsp3) is 0.760. The zero-order valence-electron chi connectivity index (χ0n) is 17.9. The van der Waals surface area contributed by atoms with Gasteiger partial charge in [0.15, 0.2) is 0 Å². The molecule has 1 N–H and O–H groups in total. The molecule has 0 unspecified atom stereocenters. The lowest BCUT2D eigenvalue weighted by atomic mass is 10.0. The van der Waals surface area contributed by atoms with Crippen molar-refractivity contribution in [3.05, 3.63) is 29.8 Å². The highest BCUT2D eigenvalue weighted by Crippen LogP contribution is 2.14.